The third-order valence-electron chi connectivity index (χ3n) is 4.34. The summed E-state index contributed by atoms with van der Waals surface area (Å²) in [5.74, 6) is 0.441. The van der Waals surface area contributed by atoms with E-state index in [1.807, 2.05) is 6.92 Å². The van der Waals surface area contributed by atoms with E-state index in [0.29, 0.717) is 11.3 Å². The van der Waals surface area contributed by atoms with Crippen molar-refractivity contribution in [2.45, 2.75) is 77.7 Å². The van der Waals surface area contributed by atoms with E-state index < -0.39 is 0 Å². The summed E-state index contributed by atoms with van der Waals surface area (Å²) in [4.78, 5) is 12.1. The van der Waals surface area contributed by atoms with Gasteiger partial charge in [0.2, 0.25) is 0 Å². The lowest BCUT2D eigenvalue weighted by Crippen LogP contribution is -2.33. The molecule has 5 heteroatoms. The van der Waals surface area contributed by atoms with Crippen LogP contribution < -0.4 is 10.1 Å². The maximum Gasteiger partial charge on any atom is 0.263 e. The Kier molecular flexibility index (Phi) is 11.7. The van der Waals surface area contributed by atoms with E-state index in [2.05, 4.69) is 12.2 Å². The number of rotatable bonds is 12. The van der Waals surface area contributed by atoms with Crippen LogP contribution in [0.2, 0.25) is 0 Å². The third kappa shape index (κ3) is 9.76. The maximum absolute atomic E-state index is 12.1. The van der Waals surface area contributed by atoms with Crippen LogP contribution in [0, 0.1) is 0 Å². The molecule has 0 aliphatic rings. The van der Waals surface area contributed by atoms with Gasteiger partial charge in [-0.1, -0.05) is 51.9 Å². The van der Waals surface area contributed by atoms with Crippen LogP contribution in [0.3, 0.4) is 0 Å². The van der Waals surface area contributed by atoms with E-state index in [9.17, 15) is 4.79 Å². The molecule has 4 nitrogen and oxygen atoms in total. The van der Waals surface area contributed by atoms with Crippen molar-refractivity contribution in [1.82, 2.24) is 5.32 Å². The molecule has 0 aliphatic heterocycles. The Balaban J connectivity index is 2.16. The highest BCUT2D eigenvalue weighted by molar-refractivity contribution is 7.80. The van der Waals surface area contributed by atoms with Crippen molar-refractivity contribution in [3.8, 4) is 5.75 Å². The van der Waals surface area contributed by atoms with Crippen molar-refractivity contribution < 1.29 is 14.3 Å². The van der Waals surface area contributed by atoms with Gasteiger partial charge < -0.3 is 9.47 Å². The lowest BCUT2D eigenvalue weighted by atomic mass is 10.1. The standard InChI is InChI=1S/C21H33NO3S/c1-4-5-6-7-8-9-10-11-12-17(2)25-21(26)22-20(23)18-13-15-19(24-3)16-14-18/h13-17H,4-12H2,1-3H3,(H,22,23,26). The number of carbonyl (C=O) groups is 1. The molecule has 146 valence electrons. The van der Waals surface area contributed by atoms with Gasteiger partial charge in [-0.05, 0) is 56.2 Å². The topological polar surface area (TPSA) is 47.6 Å². The zero-order chi connectivity index (χ0) is 19.2. The average molecular weight is 380 g/mol. The number of carbonyl (C=O) groups excluding carboxylic acids is 1. The molecule has 1 atom stereocenters. The molecular formula is C21H33NO3S. The number of benzene rings is 1. The first-order valence-corrected chi connectivity index (χ1v) is 10.1. The summed E-state index contributed by atoms with van der Waals surface area (Å²) in [6.45, 7) is 4.23. The number of methoxy groups -OCH3 is 1. The van der Waals surface area contributed by atoms with E-state index in [4.69, 9.17) is 21.7 Å². The molecule has 26 heavy (non-hydrogen) atoms. The van der Waals surface area contributed by atoms with Crippen molar-refractivity contribution >= 4 is 23.3 Å². The van der Waals surface area contributed by atoms with Gasteiger partial charge in [0.25, 0.3) is 11.1 Å². The normalized spacial score (nSPS) is 11.7. The zero-order valence-corrected chi connectivity index (χ0v) is 17.2. The van der Waals surface area contributed by atoms with E-state index in [-0.39, 0.29) is 17.2 Å². The van der Waals surface area contributed by atoms with E-state index in [0.717, 1.165) is 12.8 Å². The van der Waals surface area contributed by atoms with E-state index in [1.54, 1.807) is 31.4 Å². The molecule has 1 aromatic rings. The smallest absolute Gasteiger partial charge is 0.263 e. The van der Waals surface area contributed by atoms with Crippen molar-refractivity contribution in [2.24, 2.45) is 0 Å². The fraction of sp³-hybridized carbons (Fsp3) is 0.619. The van der Waals surface area contributed by atoms with Crippen LogP contribution in [-0.4, -0.2) is 24.3 Å². The Hall–Kier alpha value is -1.62. The number of hydrogen-bond acceptors (Lipinski definition) is 4. The van der Waals surface area contributed by atoms with Crippen molar-refractivity contribution in [1.29, 1.82) is 0 Å². The van der Waals surface area contributed by atoms with Crippen molar-refractivity contribution in [2.75, 3.05) is 7.11 Å². The van der Waals surface area contributed by atoms with Gasteiger partial charge >= 0.3 is 0 Å². The van der Waals surface area contributed by atoms with Crippen LogP contribution >= 0.6 is 12.2 Å². The van der Waals surface area contributed by atoms with Gasteiger partial charge in [-0.2, -0.15) is 0 Å². The fourth-order valence-corrected chi connectivity index (χ4v) is 3.00. The molecule has 0 aromatic heterocycles. The molecule has 1 N–H and O–H groups in total. The highest BCUT2D eigenvalue weighted by atomic mass is 32.1. The third-order valence-corrected chi connectivity index (χ3v) is 4.54. The largest absolute Gasteiger partial charge is 0.497 e. The summed E-state index contributed by atoms with van der Waals surface area (Å²) in [6.07, 6.45) is 11.3. The molecule has 0 bridgehead atoms. The number of nitrogens with one attached hydrogen (secondary N) is 1. The molecule has 0 saturated heterocycles. The van der Waals surface area contributed by atoms with Gasteiger partial charge in [-0.25, -0.2) is 0 Å². The van der Waals surface area contributed by atoms with Gasteiger partial charge in [-0.3, -0.25) is 10.1 Å². The summed E-state index contributed by atoms with van der Waals surface area (Å²) in [6, 6.07) is 6.87. The van der Waals surface area contributed by atoms with Crippen molar-refractivity contribution in [3.05, 3.63) is 29.8 Å². The Labute approximate surface area is 163 Å². The first kappa shape index (κ1) is 22.4. The predicted molar refractivity (Wildman–Crippen MR) is 111 cm³/mol. The molecule has 1 amide bonds. The molecular weight excluding hydrogens is 346 g/mol. The molecule has 0 heterocycles. The minimum atomic E-state index is -0.267. The van der Waals surface area contributed by atoms with Crippen LogP contribution in [0.5, 0.6) is 5.75 Å². The second-order valence-electron chi connectivity index (χ2n) is 6.66. The molecule has 0 aliphatic carbocycles. The molecule has 1 unspecified atom stereocenters. The SMILES string of the molecule is CCCCCCCCCCC(C)OC(=S)NC(=O)c1ccc(OC)cc1. The van der Waals surface area contributed by atoms with Gasteiger partial charge in [-0.15, -0.1) is 0 Å². The predicted octanol–water partition coefficient (Wildman–Crippen LogP) is 5.65. The Morgan fingerprint density at radius 1 is 1.04 bits per heavy atom. The summed E-state index contributed by atoms with van der Waals surface area (Å²) < 4.78 is 10.7. The zero-order valence-electron chi connectivity index (χ0n) is 16.4. The van der Waals surface area contributed by atoms with Crippen LogP contribution in [0.4, 0.5) is 0 Å². The number of amides is 1. The molecule has 1 rings (SSSR count). The summed E-state index contributed by atoms with van der Waals surface area (Å²) >= 11 is 5.14. The van der Waals surface area contributed by atoms with Gasteiger partial charge in [0.1, 0.15) is 5.75 Å². The maximum atomic E-state index is 12.1. The van der Waals surface area contributed by atoms with Gasteiger partial charge in [0.15, 0.2) is 0 Å². The lowest BCUT2D eigenvalue weighted by Gasteiger charge is -2.15. The Bertz CT molecular complexity index is 531. The van der Waals surface area contributed by atoms with Crippen LogP contribution in [0.25, 0.3) is 0 Å². The minimum absolute atomic E-state index is 0.0127. The Morgan fingerprint density at radius 2 is 1.62 bits per heavy atom. The average Bonchev–Trinajstić information content (AvgIpc) is 2.63. The highest BCUT2D eigenvalue weighted by Gasteiger charge is 2.11. The highest BCUT2D eigenvalue weighted by Crippen LogP contribution is 2.13. The van der Waals surface area contributed by atoms with Crippen LogP contribution in [-0.2, 0) is 4.74 Å². The lowest BCUT2D eigenvalue weighted by molar-refractivity contribution is 0.0959. The molecule has 0 spiro atoms. The van der Waals surface area contributed by atoms with Gasteiger partial charge in [0.05, 0.1) is 13.2 Å². The van der Waals surface area contributed by atoms with E-state index >= 15 is 0 Å². The number of unbranched alkanes of at least 4 members (excludes halogenated alkanes) is 7. The van der Waals surface area contributed by atoms with Crippen LogP contribution in [0.1, 0.15) is 82.0 Å². The summed E-state index contributed by atoms with van der Waals surface area (Å²) in [5, 5.41) is 2.76. The summed E-state index contributed by atoms with van der Waals surface area (Å²) in [5.41, 5.74) is 0.521. The van der Waals surface area contributed by atoms with Crippen molar-refractivity contribution in [3.63, 3.8) is 0 Å². The first-order chi connectivity index (χ1) is 12.6. The fourth-order valence-electron chi connectivity index (χ4n) is 2.74. The number of hydrogen-bond donors (Lipinski definition) is 1. The monoisotopic (exact) mass is 379 g/mol. The molecule has 0 saturated carbocycles. The number of thiocarbonyl (C=S) groups is 1. The molecule has 0 fully saturated rings. The molecule has 0 radical (unpaired) electrons. The second kappa shape index (κ2) is 13.6. The Morgan fingerprint density at radius 3 is 2.19 bits per heavy atom. The first-order valence-electron chi connectivity index (χ1n) is 9.72. The minimum Gasteiger partial charge on any atom is -0.497 e. The second-order valence-corrected chi connectivity index (χ2v) is 7.03. The summed E-state index contributed by atoms with van der Waals surface area (Å²) in [7, 11) is 1.59. The van der Waals surface area contributed by atoms with E-state index in [1.165, 1.54) is 44.9 Å². The van der Waals surface area contributed by atoms with Gasteiger partial charge in [0, 0.05) is 5.56 Å². The quantitative estimate of drug-likeness (QED) is 0.377. The van der Waals surface area contributed by atoms with Crippen LogP contribution in [0.15, 0.2) is 24.3 Å². The number of ether oxygens (including phenoxy) is 2. The molecule has 1 aromatic carbocycles.